The van der Waals surface area contributed by atoms with Gasteiger partial charge >= 0.3 is 0 Å². The molecule has 6 heteroatoms. The predicted molar refractivity (Wildman–Crippen MR) is 84.2 cm³/mol. The fourth-order valence-electron chi connectivity index (χ4n) is 2.06. The molecule has 0 spiro atoms. The van der Waals surface area contributed by atoms with Gasteiger partial charge in [0.15, 0.2) is 5.82 Å². The van der Waals surface area contributed by atoms with Gasteiger partial charge in [0.25, 0.3) is 0 Å². The summed E-state index contributed by atoms with van der Waals surface area (Å²) in [5.74, 6) is 2.39. The van der Waals surface area contributed by atoms with E-state index in [9.17, 15) is 0 Å². The molecule has 0 amide bonds. The van der Waals surface area contributed by atoms with E-state index in [2.05, 4.69) is 15.6 Å². The molecule has 3 aromatic rings. The molecule has 2 aromatic carbocycles. The van der Waals surface area contributed by atoms with Crippen molar-refractivity contribution >= 4 is 11.5 Å². The normalized spacial score (nSPS) is 10.3. The van der Waals surface area contributed by atoms with Crippen molar-refractivity contribution in [1.82, 2.24) is 15.0 Å². The van der Waals surface area contributed by atoms with E-state index in [1.54, 1.807) is 25.1 Å². The minimum absolute atomic E-state index is 0.773. The first-order valence-electron chi connectivity index (χ1n) is 6.76. The quantitative estimate of drug-likeness (QED) is 0.784. The van der Waals surface area contributed by atoms with Gasteiger partial charge in [0.1, 0.15) is 11.5 Å². The third-order valence-corrected chi connectivity index (χ3v) is 3.23. The molecule has 1 aromatic heterocycles. The molecule has 0 aliphatic heterocycles. The lowest BCUT2D eigenvalue weighted by molar-refractivity contribution is 0.414. The first-order chi connectivity index (χ1) is 10.8. The van der Waals surface area contributed by atoms with E-state index in [1.807, 2.05) is 48.5 Å². The highest BCUT2D eigenvalue weighted by Crippen LogP contribution is 2.22. The molecular weight excluding hydrogens is 280 g/mol. The van der Waals surface area contributed by atoms with Gasteiger partial charge in [0.05, 0.1) is 26.1 Å². The van der Waals surface area contributed by atoms with Gasteiger partial charge in [0, 0.05) is 5.69 Å². The second-order valence-corrected chi connectivity index (χ2v) is 4.58. The van der Waals surface area contributed by atoms with Gasteiger partial charge in [-0.3, -0.25) is 0 Å². The van der Waals surface area contributed by atoms with E-state index in [4.69, 9.17) is 9.47 Å². The Morgan fingerprint density at radius 2 is 1.45 bits per heavy atom. The van der Waals surface area contributed by atoms with Crippen LogP contribution >= 0.6 is 0 Å². The second kappa shape index (κ2) is 6.17. The van der Waals surface area contributed by atoms with Crippen LogP contribution in [0.25, 0.3) is 5.69 Å². The zero-order valence-electron chi connectivity index (χ0n) is 12.4. The third-order valence-electron chi connectivity index (χ3n) is 3.23. The molecule has 22 heavy (non-hydrogen) atoms. The Labute approximate surface area is 128 Å². The van der Waals surface area contributed by atoms with Gasteiger partial charge in [-0.1, -0.05) is 5.21 Å². The van der Waals surface area contributed by atoms with Crippen molar-refractivity contribution in [3.63, 3.8) is 0 Å². The van der Waals surface area contributed by atoms with Crippen LogP contribution in [0.1, 0.15) is 0 Å². The molecule has 0 saturated carbocycles. The molecule has 0 aliphatic rings. The molecule has 1 heterocycles. The highest BCUT2D eigenvalue weighted by atomic mass is 16.5. The van der Waals surface area contributed by atoms with Crippen LogP contribution in [0.15, 0.2) is 54.7 Å². The summed E-state index contributed by atoms with van der Waals surface area (Å²) in [6.07, 6.45) is 1.68. The molecule has 1 N–H and O–H groups in total. The monoisotopic (exact) mass is 296 g/mol. The Morgan fingerprint density at radius 3 is 2.05 bits per heavy atom. The number of nitrogens with one attached hydrogen (secondary N) is 1. The summed E-state index contributed by atoms with van der Waals surface area (Å²) < 4.78 is 12.0. The van der Waals surface area contributed by atoms with Crippen molar-refractivity contribution in [2.45, 2.75) is 0 Å². The van der Waals surface area contributed by atoms with E-state index in [0.29, 0.717) is 0 Å². The van der Waals surface area contributed by atoms with Crippen molar-refractivity contribution in [2.75, 3.05) is 19.5 Å². The third kappa shape index (κ3) is 2.85. The first kappa shape index (κ1) is 13.9. The Hall–Kier alpha value is -3.02. The summed E-state index contributed by atoms with van der Waals surface area (Å²) in [6.45, 7) is 0. The van der Waals surface area contributed by atoms with Crippen LogP contribution in [0.2, 0.25) is 0 Å². The number of rotatable bonds is 5. The highest BCUT2D eigenvalue weighted by Gasteiger charge is 2.07. The lowest BCUT2D eigenvalue weighted by Gasteiger charge is -2.09. The number of aromatic nitrogens is 3. The molecule has 0 unspecified atom stereocenters. The Balaban J connectivity index is 1.84. The maximum absolute atomic E-state index is 5.16. The number of nitrogens with zero attached hydrogens (tertiary/aromatic N) is 3. The average molecular weight is 296 g/mol. The lowest BCUT2D eigenvalue weighted by atomic mass is 10.3. The van der Waals surface area contributed by atoms with Crippen molar-refractivity contribution in [3.8, 4) is 17.2 Å². The smallest absolute Gasteiger partial charge is 0.154 e. The topological polar surface area (TPSA) is 61.2 Å². The summed E-state index contributed by atoms with van der Waals surface area (Å²) in [5.41, 5.74) is 1.83. The molecule has 0 radical (unpaired) electrons. The standard InChI is InChI=1S/C16H16N4O2/c1-21-14-7-3-12(4-8-14)18-16-11-17-19-20(16)13-5-9-15(22-2)10-6-13/h3-11,18H,1-2H3. The van der Waals surface area contributed by atoms with Gasteiger partial charge in [-0.25, -0.2) is 0 Å². The Morgan fingerprint density at radius 1 is 0.864 bits per heavy atom. The zero-order chi connectivity index (χ0) is 15.4. The van der Waals surface area contributed by atoms with Gasteiger partial charge < -0.3 is 14.8 Å². The fraction of sp³-hybridized carbons (Fsp3) is 0.125. The highest BCUT2D eigenvalue weighted by molar-refractivity contribution is 5.58. The molecule has 0 bridgehead atoms. The van der Waals surface area contributed by atoms with Gasteiger partial charge in [-0.2, -0.15) is 4.68 Å². The summed E-state index contributed by atoms with van der Waals surface area (Å²) in [6, 6.07) is 15.3. The molecule has 0 fully saturated rings. The van der Waals surface area contributed by atoms with Crippen molar-refractivity contribution in [2.24, 2.45) is 0 Å². The summed E-state index contributed by atoms with van der Waals surface area (Å²) >= 11 is 0. The largest absolute Gasteiger partial charge is 0.497 e. The van der Waals surface area contributed by atoms with E-state index in [-0.39, 0.29) is 0 Å². The van der Waals surface area contributed by atoms with E-state index in [1.165, 1.54) is 0 Å². The Kier molecular flexibility index (Phi) is 3.91. The lowest BCUT2D eigenvalue weighted by Crippen LogP contribution is -2.02. The van der Waals surface area contributed by atoms with Crippen LogP contribution in [0.5, 0.6) is 11.5 Å². The van der Waals surface area contributed by atoms with Crippen LogP contribution in [0.3, 0.4) is 0 Å². The molecule has 112 valence electrons. The van der Waals surface area contributed by atoms with Crippen molar-refractivity contribution in [1.29, 1.82) is 0 Å². The number of anilines is 2. The van der Waals surface area contributed by atoms with Crippen molar-refractivity contribution < 1.29 is 9.47 Å². The van der Waals surface area contributed by atoms with Crippen LogP contribution in [0, 0.1) is 0 Å². The van der Waals surface area contributed by atoms with Gasteiger partial charge in [-0.15, -0.1) is 5.10 Å². The first-order valence-corrected chi connectivity index (χ1v) is 6.76. The van der Waals surface area contributed by atoms with Gasteiger partial charge in [0.2, 0.25) is 0 Å². The molecule has 0 saturated heterocycles. The zero-order valence-corrected chi connectivity index (χ0v) is 12.4. The number of hydrogen-bond acceptors (Lipinski definition) is 5. The predicted octanol–water partition coefficient (Wildman–Crippen LogP) is 3.03. The van der Waals surface area contributed by atoms with Crippen LogP contribution in [-0.4, -0.2) is 29.2 Å². The molecule has 0 atom stereocenters. The minimum Gasteiger partial charge on any atom is -0.497 e. The SMILES string of the molecule is COc1ccc(Nc2cnnn2-c2ccc(OC)cc2)cc1. The van der Waals surface area contributed by atoms with Crippen LogP contribution < -0.4 is 14.8 Å². The maximum Gasteiger partial charge on any atom is 0.154 e. The Bertz CT molecular complexity index is 736. The molecule has 3 rings (SSSR count). The summed E-state index contributed by atoms with van der Waals surface area (Å²) in [5, 5.41) is 11.4. The second-order valence-electron chi connectivity index (χ2n) is 4.58. The summed E-state index contributed by atoms with van der Waals surface area (Å²) in [7, 11) is 3.28. The van der Waals surface area contributed by atoms with E-state index >= 15 is 0 Å². The van der Waals surface area contributed by atoms with Crippen molar-refractivity contribution in [3.05, 3.63) is 54.7 Å². The summed E-state index contributed by atoms with van der Waals surface area (Å²) in [4.78, 5) is 0. The van der Waals surface area contributed by atoms with E-state index < -0.39 is 0 Å². The number of ether oxygens (including phenoxy) is 2. The minimum atomic E-state index is 0.773. The number of methoxy groups -OCH3 is 2. The maximum atomic E-state index is 5.16. The van der Waals surface area contributed by atoms with Gasteiger partial charge in [-0.05, 0) is 48.5 Å². The van der Waals surface area contributed by atoms with E-state index in [0.717, 1.165) is 28.7 Å². The molecule has 0 aliphatic carbocycles. The number of benzene rings is 2. The number of hydrogen-bond donors (Lipinski definition) is 1. The molecular formula is C16H16N4O2. The molecule has 6 nitrogen and oxygen atoms in total. The average Bonchev–Trinajstić information content (AvgIpc) is 3.04. The van der Waals surface area contributed by atoms with Crippen LogP contribution in [0.4, 0.5) is 11.5 Å². The fourth-order valence-corrected chi connectivity index (χ4v) is 2.06. The van der Waals surface area contributed by atoms with Crippen LogP contribution in [-0.2, 0) is 0 Å².